The summed E-state index contributed by atoms with van der Waals surface area (Å²) in [7, 11) is 1.58. The first kappa shape index (κ1) is 22.9. The number of amides is 2. The van der Waals surface area contributed by atoms with Gasteiger partial charge in [0.1, 0.15) is 5.75 Å². The van der Waals surface area contributed by atoms with Crippen molar-refractivity contribution in [3.05, 3.63) is 58.1 Å². The smallest absolute Gasteiger partial charge is 0.259 e. The van der Waals surface area contributed by atoms with Crippen LogP contribution in [0.2, 0.25) is 0 Å². The topological polar surface area (TPSA) is 76.7 Å². The molecule has 0 radical (unpaired) electrons. The summed E-state index contributed by atoms with van der Waals surface area (Å²) in [5, 5.41) is 5.61. The predicted octanol–water partition coefficient (Wildman–Crippen LogP) is 4.50. The minimum absolute atomic E-state index is 0.187. The molecule has 0 aliphatic heterocycles. The Morgan fingerprint density at radius 1 is 1.03 bits per heavy atom. The van der Waals surface area contributed by atoms with Gasteiger partial charge in [0.2, 0.25) is 0 Å². The monoisotopic (exact) mass is 462 g/mol. The fourth-order valence-corrected chi connectivity index (χ4v) is 2.84. The van der Waals surface area contributed by atoms with Crippen LogP contribution in [0, 0.1) is 5.92 Å². The first-order chi connectivity index (χ1) is 13.9. The van der Waals surface area contributed by atoms with E-state index in [4.69, 9.17) is 9.47 Å². The molecule has 2 amide bonds. The molecule has 7 heteroatoms. The minimum Gasteiger partial charge on any atom is -0.493 e. The van der Waals surface area contributed by atoms with Gasteiger partial charge in [-0.2, -0.15) is 0 Å². The van der Waals surface area contributed by atoms with Crippen LogP contribution in [0.5, 0.6) is 5.75 Å². The third-order valence-corrected chi connectivity index (χ3v) is 4.63. The number of nitrogens with one attached hydrogen (secondary N) is 2. The molecule has 0 spiro atoms. The van der Waals surface area contributed by atoms with Crippen LogP contribution in [0.15, 0.2) is 46.9 Å². The highest BCUT2D eigenvalue weighted by atomic mass is 79.9. The first-order valence-electron chi connectivity index (χ1n) is 9.51. The highest BCUT2D eigenvalue weighted by Gasteiger charge is 2.14. The summed E-state index contributed by atoms with van der Waals surface area (Å²) in [6.45, 7) is 5.69. The van der Waals surface area contributed by atoms with Gasteiger partial charge >= 0.3 is 0 Å². The Bertz CT molecular complexity index is 822. The zero-order valence-corrected chi connectivity index (χ0v) is 18.5. The fraction of sp³-hybridized carbons (Fsp3) is 0.364. The van der Waals surface area contributed by atoms with Gasteiger partial charge in [0, 0.05) is 29.4 Å². The van der Waals surface area contributed by atoms with Crippen molar-refractivity contribution < 1.29 is 19.1 Å². The summed E-state index contributed by atoms with van der Waals surface area (Å²) >= 11 is 3.40. The van der Waals surface area contributed by atoms with Crippen molar-refractivity contribution in [1.29, 1.82) is 0 Å². The van der Waals surface area contributed by atoms with E-state index in [9.17, 15) is 9.59 Å². The number of ether oxygens (including phenoxy) is 2. The molecule has 0 unspecified atom stereocenters. The lowest BCUT2D eigenvalue weighted by molar-refractivity contribution is 0.0936. The Hall–Kier alpha value is -2.38. The highest BCUT2D eigenvalue weighted by molar-refractivity contribution is 9.10. The molecule has 2 aromatic carbocycles. The molecular formula is C22H27BrN2O4. The third-order valence-electron chi connectivity index (χ3n) is 4.14. The number of carbonyl (C=O) groups is 2. The van der Waals surface area contributed by atoms with Crippen molar-refractivity contribution in [3.8, 4) is 5.75 Å². The Morgan fingerprint density at radius 2 is 1.76 bits per heavy atom. The van der Waals surface area contributed by atoms with E-state index in [-0.39, 0.29) is 11.8 Å². The summed E-state index contributed by atoms with van der Waals surface area (Å²) in [4.78, 5) is 24.8. The van der Waals surface area contributed by atoms with E-state index in [0.717, 1.165) is 10.9 Å². The molecule has 2 rings (SSSR count). The molecule has 0 aromatic heterocycles. The van der Waals surface area contributed by atoms with Crippen molar-refractivity contribution in [1.82, 2.24) is 5.32 Å². The maximum absolute atomic E-state index is 12.8. The molecule has 0 aliphatic carbocycles. The van der Waals surface area contributed by atoms with E-state index < -0.39 is 0 Å². The second-order valence-corrected chi connectivity index (χ2v) is 7.87. The first-order valence-corrected chi connectivity index (χ1v) is 10.3. The van der Waals surface area contributed by atoms with Gasteiger partial charge in [0.15, 0.2) is 0 Å². The van der Waals surface area contributed by atoms with Gasteiger partial charge in [-0.3, -0.25) is 9.59 Å². The summed E-state index contributed by atoms with van der Waals surface area (Å²) in [5.74, 6) is 0.601. The quantitative estimate of drug-likeness (QED) is 0.509. The molecule has 0 heterocycles. The lowest BCUT2D eigenvalue weighted by atomic mass is 10.1. The number of hydrogen-bond acceptors (Lipinski definition) is 4. The lowest BCUT2D eigenvalue weighted by Crippen LogP contribution is -2.26. The van der Waals surface area contributed by atoms with Gasteiger partial charge < -0.3 is 20.1 Å². The number of hydrogen-bond donors (Lipinski definition) is 2. The molecular weight excluding hydrogens is 436 g/mol. The maximum Gasteiger partial charge on any atom is 0.259 e. The summed E-state index contributed by atoms with van der Waals surface area (Å²) in [5.41, 5.74) is 1.56. The highest BCUT2D eigenvalue weighted by Crippen LogP contribution is 2.25. The van der Waals surface area contributed by atoms with Crippen LogP contribution in [0.4, 0.5) is 5.69 Å². The van der Waals surface area contributed by atoms with Crippen LogP contribution in [-0.2, 0) is 4.74 Å². The van der Waals surface area contributed by atoms with E-state index >= 15 is 0 Å². The molecule has 6 nitrogen and oxygen atoms in total. The van der Waals surface area contributed by atoms with Crippen LogP contribution in [-0.4, -0.2) is 38.7 Å². The van der Waals surface area contributed by atoms with Gasteiger partial charge in [-0.25, -0.2) is 0 Å². The molecule has 156 valence electrons. The Kier molecular flexibility index (Phi) is 9.15. The van der Waals surface area contributed by atoms with Crippen LogP contribution >= 0.6 is 15.9 Å². The Morgan fingerprint density at radius 3 is 2.41 bits per heavy atom. The second-order valence-electron chi connectivity index (χ2n) is 6.95. The number of rotatable bonds is 10. The SMILES string of the molecule is COCCNC(=O)c1ccc(NC(=O)c2cc(Br)ccc2OCCC(C)C)cc1. The van der Waals surface area contributed by atoms with E-state index in [1.54, 1.807) is 43.5 Å². The molecule has 2 aromatic rings. The number of carbonyl (C=O) groups excluding carboxylic acids is 2. The Labute approximate surface area is 180 Å². The molecule has 0 atom stereocenters. The summed E-state index contributed by atoms with van der Waals surface area (Å²) in [6.07, 6.45) is 0.908. The second kappa shape index (κ2) is 11.6. The maximum atomic E-state index is 12.8. The molecule has 0 fully saturated rings. The molecule has 0 bridgehead atoms. The summed E-state index contributed by atoms with van der Waals surface area (Å²) < 4.78 is 11.5. The van der Waals surface area contributed by atoms with E-state index in [2.05, 4.69) is 40.4 Å². The van der Waals surface area contributed by atoms with Crippen molar-refractivity contribution in [3.63, 3.8) is 0 Å². The van der Waals surface area contributed by atoms with Gasteiger partial charge in [0.05, 0.1) is 18.8 Å². The zero-order chi connectivity index (χ0) is 21.2. The molecule has 29 heavy (non-hydrogen) atoms. The fourth-order valence-electron chi connectivity index (χ4n) is 2.48. The average Bonchev–Trinajstić information content (AvgIpc) is 2.69. The van der Waals surface area contributed by atoms with E-state index in [1.165, 1.54) is 0 Å². The number of methoxy groups -OCH3 is 1. The number of anilines is 1. The van der Waals surface area contributed by atoms with Crippen molar-refractivity contribution in [2.24, 2.45) is 5.92 Å². The number of benzene rings is 2. The van der Waals surface area contributed by atoms with Gasteiger partial charge in [-0.1, -0.05) is 29.8 Å². The lowest BCUT2D eigenvalue weighted by Gasteiger charge is -2.13. The molecule has 0 aliphatic rings. The number of halogens is 1. The van der Waals surface area contributed by atoms with Gasteiger partial charge in [-0.05, 0) is 54.8 Å². The van der Waals surface area contributed by atoms with Gasteiger partial charge in [0.25, 0.3) is 11.8 Å². The zero-order valence-electron chi connectivity index (χ0n) is 17.0. The van der Waals surface area contributed by atoms with E-state index in [0.29, 0.717) is 48.2 Å². The minimum atomic E-state index is -0.275. The Balaban J connectivity index is 2.04. The van der Waals surface area contributed by atoms with Crippen LogP contribution in [0.1, 0.15) is 41.0 Å². The van der Waals surface area contributed by atoms with Crippen LogP contribution in [0.3, 0.4) is 0 Å². The normalized spacial score (nSPS) is 10.7. The molecule has 2 N–H and O–H groups in total. The van der Waals surface area contributed by atoms with Gasteiger partial charge in [-0.15, -0.1) is 0 Å². The predicted molar refractivity (Wildman–Crippen MR) is 118 cm³/mol. The van der Waals surface area contributed by atoms with Crippen molar-refractivity contribution in [2.75, 3.05) is 32.2 Å². The standard InChI is InChI=1S/C22H27BrN2O4/c1-15(2)10-12-29-20-9-6-17(23)14-19(20)22(27)25-18-7-4-16(5-8-18)21(26)24-11-13-28-3/h4-9,14-15H,10-13H2,1-3H3,(H,24,26)(H,25,27). The third kappa shape index (κ3) is 7.51. The molecule has 0 saturated heterocycles. The van der Waals surface area contributed by atoms with Crippen molar-refractivity contribution in [2.45, 2.75) is 20.3 Å². The van der Waals surface area contributed by atoms with Crippen LogP contribution < -0.4 is 15.4 Å². The summed E-state index contributed by atoms with van der Waals surface area (Å²) in [6, 6.07) is 12.1. The van der Waals surface area contributed by atoms with E-state index in [1.807, 2.05) is 6.07 Å². The van der Waals surface area contributed by atoms with Crippen molar-refractivity contribution >= 4 is 33.4 Å². The van der Waals surface area contributed by atoms with Crippen LogP contribution in [0.25, 0.3) is 0 Å². The molecule has 0 saturated carbocycles. The largest absolute Gasteiger partial charge is 0.493 e. The average molecular weight is 463 g/mol.